The van der Waals surface area contributed by atoms with E-state index in [9.17, 15) is 9.59 Å². The normalized spacial score (nSPS) is 10.2. The number of esters is 1. The van der Waals surface area contributed by atoms with Crippen LogP contribution in [0.25, 0.3) is 0 Å². The van der Waals surface area contributed by atoms with E-state index in [1.54, 1.807) is 32.0 Å². The second kappa shape index (κ2) is 7.78. The van der Waals surface area contributed by atoms with Crippen molar-refractivity contribution in [3.8, 4) is 11.5 Å². The number of carbonyl (C=O) groups is 2. The largest absolute Gasteiger partial charge is 0.493 e. The average Bonchev–Trinajstić information content (AvgIpc) is 2.94. The van der Waals surface area contributed by atoms with E-state index >= 15 is 0 Å². The van der Waals surface area contributed by atoms with E-state index in [1.165, 1.54) is 14.2 Å². The monoisotopic (exact) mass is 350 g/mol. The summed E-state index contributed by atoms with van der Waals surface area (Å²) in [7, 11) is 3.02. The summed E-state index contributed by atoms with van der Waals surface area (Å²) in [4.78, 5) is 28.7. The number of anilines is 1. The van der Waals surface area contributed by atoms with E-state index in [4.69, 9.17) is 14.2 Å². The third-order valence-corrected chi connectivity index (χ3v) is 4.18. The van der Waals surface area contributed by atoms with E-state index in [1.807, 2.05) is 0 Å². The Labute approximate surface area is 143 Å². The van der Waals surface area contributed by atoms with Crippen molar-refractivity contribution < 1.29 is 23.8 Å². The number of benzene rings is 1. The van der Waals surface area contributed by atoms with E-state index in [0.717, 1.165) is 11.3 Å². The quantitative estimate of drug-likeness (QED) is 0.806. The van der Waals surface area contributed by atoms with Crippen LogP contribution in [0.4, 0.5) is 5.13 Å². The molecule has 0 aliphatic carbocycles. The van der Waals surface area contributed by atoms with Gasteiger partial charge in [0.05, 0.1) is 26.5 Å². The molecule has 1 heterocycles. The molecular formula is C16H18N2O5S. The third kappa shape index (κ3) is 3.83. The molecule has 128 valence electrons. The predicted octanol–water partition coefficient (Wildman–Crippen LogP) is 2.90. The Morgan fingerprint density at radius 1 is 1.21 bits per heavy atom. The second-order valence-electron chi connectivity index (χ2n) is 4.68. The number of amides is 1. The number of rotatable bonds is 6. The van der Waals surface area contributed by atoms with Crippen LogP contribution in [-0.2, 0) is 4.74 Å². The van der Waals surface area contributed by atoms with Crippen LogP contribution in [0.15, 0.2) is 18.2 Å². The van der Waals surface area contributed by atoms with Crippen molar-refractivity contribution in [3.05, 3.63) is 34.3 Å². The van der Waals surface area contributed by atoms with Gasteiger partial charge in [-0.25, -0.2) is 9.78 Å². The summed E-state index contributed by atoms with van der Waals surface area (Å²) in [6.07, 6.45) is 0. The average molecular weight is 350 g/mol. The molecule has 0 aliphatic heterocycles. The van der Waals surface area contributed by atoms with Crippen molar-refractivity contribution in [1.29, 1.82) is 0 Å². The van der Waals surface area contributed by atoms with Gasteiger partial charge in [-0.05, 0) is 32.0 Å². The molecule has 0 radical (unpaired) electrons. The summed E-state index contributed by atoms with van der Waals surface area (Å²) in [5, 5.41) is 3.00. The van der Waals surface area contributed by atoms with Gasteiger partial charge in [0.1, 0.15) is 4.88 Å². The first-order valence-electron chi connectivity index (χ1n) is 7.18. The minimum atomic E-state index is -0.445. The van der Waals surface area contributed by atoms with Gasteiger partial charge in [-0.3, -0.25) is 10.1 Å². The Bertz CT molecular complexity index is 757. The molecule has 0 bridgehead atoms. The highest BCUT2D eigenvalue weighted by Crippen LogP contribution is 2.28. The number of thiazole rings is 1. The number of nitrogens with zero attached hydrogens (tertiary/aromatic N) is 1. The molecule has 1 amide bonds. The molecule has 1 aromatic carbocycles. The molecule has 1 N–H and O–H groups in total. The molecule has 0 fully saturated rings. The number of aromatic nitrogens is 1. The van der Waals surface area contributed by atoms with E-state index < -0.39 is 5.97 Å². The molecule has 7 nitrogen and oxygen atoms in total. The maximum Gasteiger partial charge on any atom is 0.350 e. The van der Waals surface area contributed by atoms with E-state index in [0.29, 0.717) is 32.8 Å². The van der Waals surface area contributed by atoms with Crippen molar-refractivity contribution >= 4 is 28.3 Å². The summed E-state index contributed by atoms with van der Waals surface area (Å²) in [6, 6.07) is 4.83. The lowest BCUT2D eigenvalue weighted by Crippen LogP contribution is -2.12. The van der Waals surface area contributed by atoms with Crippen molar-refractivity contribution in [2.75, 3.05) is 26.1 Å². The van der Waals surface area contributed by atoms with Gasteiger partial charge < -0.3 is 14.2 Å². The van der Waals surface area contributed by atoms with Crippen LogP contribution >= 0.6 is 11.3 Å². The standard InChI is InChI=1S/C16H18N2O5S/c1-5-23-15(20)13-9(2)17-16(24-13)18-14(19)10-6-7-11(21-3)12(8-10)22-4/h6-8H,5H2,1-4H3,(H,17,18,19). The molecule has 0 saturated carbocycles. The Balaban J connectivity index is 2.18. The predicted molar refractivity (Wildman–Crippen MR) is 90.3 cm³/mol. The van der Waals surface area contributed by atoms with E-state index in [-0.39, 0.29) is 12.5 Å². The summed E-state index contributed by atoms with van der Waals surface area (Å²) in [5.41, 5.74) is 0.902. The molecule has 2 rings (SSSR count). The zero-order chi connectivity index (χ0) is 17.7. The highest BCUT2D eigenvalue weighted by atomic mass is 32.1. The molecule has 24 heavy (non-hydrogen) atoms. The van der Waals surface area contributed by atoms with Gasteiger partial charge in [0.15, 0.2) is 16.6 Å². The molecule has 2 aromatic rings. The van der Waals surface area contributed by atoms with Crippen LogP contribution in [-0.4, -0.2) is 37.7 Å². The first-order valence-corrected chi connectivity index (χ1v) is 7.99. The van der Waals surface area contributed by atoms with Gasteiger partial charge in [-0.15, -0.1) is 0 Å². The Hall–Kier alpha value is -2.61. The summed E-state index contributed by atoms with van der Waals surface area (Å²) >= 11 is 1.07. The van der Waals surface area contributed by atoms with Gasteiger partial charge >= 0.3 is 5.97 Å². The smallest absolute Gasteiger partial charge is 0.350 e. The molecule has 0 saturated heterocycles. The first-order chi connectivity index (χ1) is 11.5. The minimum absolute atomic E-state index is 0.281. The first kappa shape index (κ1) is 17.7. The van der Waals surface area contributed by atoms with Gasteiger partial charge in [0.25, 0.3) is 5.91 Å². The molecule has 0 unspecified atom stereocenters. The van der Waals surface area contributed by atoms with Gasteiger partial charge in [-0.1, -0.05) is 11.3 Å². The molecule has 1 aromatic heterocycles. The maximum absolute atomic E-state index is 12.3. The Morgan fingerprint density at radius 3 is 2.54 bits per heavy atom. The summed E-state index contributed by atoms with van der Waals surface area (Å²) < 4.78 is 15.3. The van der Waals surface area contributed by atoms with Crippen LogP contribution in [0.2, 0.25) is 0 Å². The van der Waals surface area contributed by atoms with Crippen LogP contribution in [0.3, 0.4) is 0 Å². The van der Waals surface area contributed by atoms with Gasteiger partial charge in [-0.2, -0.15) is 0 Å². The van der Waals surface area contributed by atoms with Gasteiger partial charge in [0.2, 0.25) is 0 Å². The molecule has 8 heteroatoms. The van der Waals surface area contributed by atoms with Crippen molar-refractivity contribution in [1.82, 2.24) is 4.98 Å². The fourth-order valence-electron chi connectivity index (χ4n) is 1.98. The Morgan fingerprint density at radius 2 is 1.92 bits per heavy atom. The molecule has 0 aliphatic rings. The lowest BCUT2D eigenvalue weighted by Gasteiger charge is -2.09. The van der Waals surface area contributed by atoms with Crippen LogP contribution in [0.1, 0.15) is 32.6 Å². The summed E-state index contributed by atoms with van der Waals surface area (Å²) in [6.45, 7) is 3.70. The van der Waals surface area contributed by atoms with Crippen LogP contribution in [0.5, 0.6) is 11.5 Å². The number of aryl methyl sites for hydroxylation is 1. The number of methoxy groups -OCH3 is 2. The highest BCUT2D eigenvalue weighted by Gasteiger charge is 2.18. The number of carbonyl (C=O) groups excluding carboxylic acids is 2. The number of hydrogen-bond donors (Lipinski definition) is 1. The van der Waals surface area contributed by atoms with Crippen LogP contribution < -0.4 is 14.8 Å². The zero-order valence-electron chi connectivity index (χ0n) is 13.8. The topological polar surface area (TPSA) is 86.8 Å². The zero-order valence-corrected chi connectivity index (χ0v) is 14.7. The van der Waals surface area contributed by atoms with Crippen LogP contribution in [0, 0.1) is 6.92 Å². The van der Waals surface area contributed by atoms with E-state index in [2.05, 4.69) is 10.3 Å². The minimum Gasteiger partial charge on any atom is -0.493 e. The number of nitrogens with one attached hydrogen (secondary N) is 1. The van der Waals surface area contributed by atoms with Gasteiger partial charge in [0, 0.05) is 5.56 Å². The van der Waals surface area contributed by atoms with Crippen molar-refractivity contribution in [2.24, 2.45) is 0 Å². The summed E-state index contributed by atoms with van der Waals surface area (Å²) in [5.74, 6) is 0.177. The second-order valence-corrected chi connectivity index (χ2v) is 5.68. The molecular weight excluding hydrogens is 332 g/mol. The highest BCUT2D eigenvalue weighted by molar-refractivity contribution is 7.17. The molecule has 0 spiro atoms. The fraction of sp³-hybridized carbons (Fsp3) is 0.312. The lowest BCUT2D eigenvalue weighted by molar-refractivity contribution is 0.0531. The third-order valence-electron chi connectivity index (χ3n) is 3.12. The van der Waals surface area contributed by atoms with Crippen molar-refractivity contribution in [2.45, 2.75) is 13.8 Å². The maximum atomic E-state index is 12.3. The number of ether oxygens (including phenoxy) is 3. The molecule has 0 atom stereocenters. The number of hydrogen-bond acceptors (Lipinski definition) is 7. The lowest BCUT2D eigenvalue weighted by atomic mass is 10.2. The fourth-order valence-corrected chi connectivity index (χ4v) is 2.84. The SMILES string of the molecule is CCOC(=O)c1sc(NC(=O)c2ccc(OC)c(OC)c2)nc1C. The Kier molecular flexibility index (Phi) is 5.75. The van der Waals surface area contributed by atoms with Crippen molar-refractivity contribution in [3.63, 3.8) is 0 Å².